The first-order valence-electron chi connectivity index (χ1n) is 9.85. The Morgan fingerprint density at radius 3 is 2.21 bits per heavy atom. The maximum Gasteiger partial charge on any atom is 0.309 e. The molecular formula is C23H28BrN3O2. The summed E-state index contributed by atoms with van der Waals surface area (Å²) in [6, 6.07) is 8.09. The number of benzene rings is 1. The minimum Gasteiger partial charge on any atom is -0.481 e. The molecule has 5 nitrogen and oxygen atoms in total. The molecule has 29 heavy (non-hydrogen) atoms. The van der Waals surface area contributed by atoms with E-state index < -0.39 is 11.4 Å². The monoisotopic (exact) mass is 457 g/mol. The smallest absolute Gasteiger partial charge is 0.309 e. The Labute approximate surface area is 180 Å². The first kappa shape index (κ1) is 21.5. The minimum absolute atomic E-state index is 0.114. The van der Waals surface area contributed by atoms with Crippen LogP contribution in [0.4, 0.5) is 0 Å². The number of carboxylic acids is 1. The van der Waals surface area contributed by atoms with E-state index in [1.165, 1.54) is 0 Å². The number of halogens is 1. The van der Waals surface area contributed by atoms with Gasteiger partial charge in [0.05, 0.1) is 11.1 Å². The average molecular weight is 458 g/mol. The highest BCUT2D eigenvalue weighted by molar-refractivity contribution is 9.10. The predicted octanol–water partition coefficient (Wildman–Crippen LogP) is 6.14. The standard InChI is InChI=1S/C23H28BrN3O2/c1-12(2)20-26-19-13(3)18(24)15(5)25-21(19)27(20)17-10-8-16(9-11-17)14(4)23(6,7)22(28)29/h8-12,14H,1-7H3,(H,28,29). The van der Waals surface area contributed by atoms with Crippen LogP contribution in [0.15, 0.2) is 28.7 Å². The van der Waals surface area contributed by atoms with Crippen LogP contribution in [0.2, 0.25) is 0 Å². The number of hydrogen-bond acceptors (Lipinski definition) is 3. The molecular weight excluding hydrogens is 430 g/mol. The number of aliphatic carboxylic acids is 1. The van der Waals surface area contributed by atoms with E-state index in [-0.39, 0.29) is 11.8 Å². The molecule has 0 aliphatic carbocycles. The van der Waals surface area contributed by atoms with Crippen LogP contribution in [0, 0.1) is 19.3 Å². The number of pyridine rings is 1. The molecule has 1 aromatic carbocycles. The quantitative estimate of drug-likeness (QED) is 0.499. The SMILES string of the molecule is Cc1nc2c(nc(C(C)C)n2-c2ccc(C(C)C(C)(C)C(=O)O)cc2)c(C)c1Br. The fraction of sp³-hybridized carbons (Fsp3) is 0.435. The molecule has 3 aromatic rings. The van der Waals surface area contributed by atoms with Crippen LogP contribution in [0.25, 0.3) is 16.9 Å². The zero-order chi connectivity index (χ0) is 21.7. The van der Waals surface area contributed by atoms with Gasteiger partial charge in [0.15, 0.2) is 5.65 Å². The van der Waals surface area contributed by atoms with Crippen LogP contribution in [0.3, 0.4) is 0 Å². The van der Waals surface area contributed by atoms with Gasteiger partial charge in [-0.2, -0.15) is 0 Å². The average Bonchev–Trinajstić information content (AvgIpc) is 3.05. The molecule has 0 aliphatic heterocycles. The molecule has 0 saturated heterocycles. The van der Waals surface area contributed by atoms with E-state index >= 15 is 0 Å². The summed E-state index contributed by atoms with van der Waals surface area (Å²) in [5.41, 5.74) is 4.90. The molecule has 1 atom stereocenters. The van der Waals surface area contributed by atoms with E-state index in [2.05, 4.69) is 41.3 Å². The first-order chi connectivity index (χ1) is 13.5. The zero-order valence-corrected chi connectivity index (χ0v) is 19.6. The molecule has 0 radical (unpaired) electrons. The number of fused-ring (bicyclic) bond motifs is 1. The Balaban J connectivity index is 2.16. The molecule has 0 spiro atoms. The van der Waals surface area contributed by atoms with E-state index in [1.54, 1.807) is 13.8 Å². The number of carbonyl (C=O) groups is 1. The lowest BCUT2D eigenvalue weighted by molar-refractivity contribution is -0.148. The summed E-state index contributed by atoms with van der Waals surface area (Å²) in [7, 11) is 0. The summed E-state index contributed by atoms with van der Waals surface area (Å²) < 4.78 is 3.11. The van der Waals surface area contributed by atoms with Gasteiger partial charge in [-0.25, -0.2) is 9.97 Å². The minimum atomic E-state index is -0.839. The van der Waals surface area contributed by atoms with E-state index in [9.17, 15) is 9.90 Å². The molecule has 6 heteroatoms. The van der Waals surface area contributed by atoms with Gasteiger partial charge < -0.3 is 5.11 Å². The van der Waals surface area contributed by atoms with Crippen molar-refractivity contribution in [3.63, 3.8) is 0 Å². The highest BCUT2D eigenvalue weighted by Gasteiger charge is 2.34. The van der Waals surface area contributed by atoms with E-state index in [4.69, 9.17) is 9.97 Å². The Hall–Kier alpha value is -2.21. The van der Waals surface area contributed by atoms with E-state index in [1.807, 2.05) is 38.1 Å². The molecule has 1 unspecified atom stereocenters. The molecule has 0 saturated carbocycles. The summed E-state index contributed by atoms with van der Waals surface area (Å²) in [5, 5.41) is 9.54. The van der Waals surface area contributed by atoms with Crippen LogP contribution in [-0.4, -0.2) is 25.6 Å². The number of carboxylic acid groups (broad SMARTS) is 1. The van der Waals surface area contributed by atoms with Gasteiger partial charge in [0, 0.05) is 16.1 Å². The largest absolute Gasteiger partial charge is 0.481 e. The molecule has 0 bridgehead atoms. The van der Waals surface area contributed by atoms with Gasteiger partial charge in [-0.1, -0.05) is 32.9 Å². The van der Waals surface area contributed by atoms with E-state index in [0.29, 0.717) is 0 Å². The predicted molar refractivity (Wildman–Crippen MR) is 120 cm³/mol. The third-order valence-electron chi connectivity index (χ3n) is 5.96. The van der Waals surface area contributed by atoms with Crippen molar-refractivity contribution in [2.75, 3.05) is 0 Å². The maximum absolute atomic E-state index is 11.6. The van der Waals surface area contributed by atoms with Crippen LogP contribution in [0.1, 0.15) is 69.1 Å². The Morgan fingerprint density at radius 2 is 1.69 bits per heavy atom. The van der Waals surface area contributed by atoms with E-state index in [0.717, 1.165) is 44.0 Å². The van der Waals surface area contributed by atoms with Gasteiger partial charge in [0.2, 0.25) is 0 Å². The Bertz CT molecular complexity index is 1080. The fourth-order valence-corrected chi connectivity index (χ4v) is 3.80. The number of imidazole rings is 1. The third-order valence-corrected chi connectivity index (χ3v) is 7.12. The van der Waals surface area contributed by atoms with Crippen LogP contribution in [0.5, 0.6) is 0 Å². The molecule has 0 aliphatic rings. The summed E-state index contributed by atoms with van der Waals surface area (Å²) in [5.74, 6) is 0.279. The van der Waals surface area contributed by atoms with Crippen LogP contribution < -0.4 is 0 Å². The second kappa shape index (κ2) is 7.56. The number of hydrogen-bond donors (Lipinski definition) is 1. The van der Waals surface area contributed by atoms with Gasteiger partial charge in [0.25, 0.3) is 0 Å². The molecule has 2 aromatic heterocycles. The van der Waals surface area contributed by atoms with Crippen molar-refractivity contribution in [1.29, 1.82) is 0 Å². The van der Waals surface area contributed by atoms with Crippen molar-refractivity contribution in [2.45, 2.75) is 60.3 Å². The zero-order valence-electron chi connectivity index (χ0n) is 18.0. The highest BCUT2D eigenvalue weighted by atomic mass is 79.9. The summed E-state index contributed by atoms with van der Waals surface area (Å²) in [6.07, 6.45) is 0. The number of aryl methyl sites for hydroxylation is 2. The third kappa shape index (κ3) is 3.59. The molecule has 3 rings (SSSR count). The Morgan fingerprint density at radius 1 is 1.10 bits per heavy atom. The number of rotatable bonds is 5. The van der Waals surface area contributed by atoms with Crippen molar-refractivity contribution in [3.05, 3.63) is 51.4 Å². The van der Waals surface area contributed by atoms with Gasteiger partial charge in [-0.05, 0) is 72.8 Å². The van der Waals surface area contributed by atoms with Gasteiger partial charge in [-0.15, -0.1) is 0 Å². The van der Waals surface area contributed by atoms with Gasteiger partial charge in [-0.3, -0.25) is 9.36 Å². The number of aromatic nitrogens is 3. The normalized spacial score (nSPS) is 13.3. The second-order valence-electron chi connectivity index (χ2n) is 8.61. The van der Waals surface area contributed by atoms with Crippen molar-refractivity contribution < 1.29 is 9.90 Å². The van der Waals surface area contributed by atoms with Crippen LogP contribution >= 0.6 is 15.9 Å². The summed E-state index contributed by atoms with van der Waals surface area (Å²) >= 11 is 3.62. The van der Waals surface area contributed by atoms with Crippen molar-refractivity contribution in [2.24, 2.45) is 5.41 Å². The van der Waals surface area contributed by atoms with Crippen molar-refractivity contribution >= 4 is 33.1 Å². The maximum atomic E-state index is 11.6. The lowest BCUT2D eigenvalue weighted by Crippen LogP contribution is -2.29. The first-order valence-corrected chi connectivity index (χ1v) is 10.6. The molecule has 1 N–H and O–H groups in total. The second-order valence-corrected chi connectivity index (χ2v) is 9.40. The van der Waals surface area contributed by atoms with Gasteiger partial charge >= 0.3 is 5.97 Å². The Kier molecular flexibility index (Phi) is 5.60. The fourth-order valence-electron chi connectivity index (χ4n) is 3.52. The molecule has 154 valence electrons. The number of nitrogens with zero attached hydrogens (tertiary/aromatic N) is 3. The lowest BCUT2D eigenvalue weighted by atomic mass is 9.76. The lowest BCUT2D eigenvalue weighted by Gasteiger charge is -2.27. The summed E-state index contributed by atoms with van der Waals surface area (Å²) in [4.78, 5) is 21.3. The van der Waals surface area contributed by atoms with Crippen LogP contribution in [-0.2, 0) is 4.79 Å². The van der Waals surface area contributed by atoms with Crippen molar-refractivity contribution in [3.8, 4) is 5.69 Å². The van der Waals surface area contributed by atoms with Gasteiger partial charge in [0.1, 0.15) is 11.3 Å². The molecule has 2 heterocycles. The molecule has 0 fully saturated rings. The van der Waals surface area contributed by atoms with Crippen molar-refractivity contribution in [1.82, 2.24) is 14.5 Å². The molecule has 0 amide bonds. The topological polar surface area (TPSA) is 68.0 Å². The summed E-state index contributed by atoms with van der Waals surface area (Å²) in [6.45, 7) is 13.8. The highest BCUT2D eigenvalue weighted by Crippen LogP contribution is 2.36.